The van der Waals surface area contributed by atoms with Crippen molar-refractivity contribution in [2.24, 2.45) is 0 Å². The molecule has 7 rings (SSSR count). The third kappa shape index (κ3) is 15.8. The number of thiazole rings is 1. The molecule has 2 fully saturated rings. The van der Waals surface area contributed by atoms with E-state index >= 15 is 0 Å². The Bertz CT molecular complexity index is 2720. The van der Waals surface area contributed by atoms with Gasteiger partial charge >= 0.3 is 5.97 Å². The number of pyridine rings is 2. The molecule has 2 amide bonds. The van der Waals surface area contributed by atoms with Crippen molar-refractivity contribution in [3.05, 3.63) is 86.4 Å². The van der Waals surface area contributed by atoms with Crippen LogP contribution in [0.25, 0.3) is 11.0 Å². The zero-order valence-corrected chi connectivity index (χ0v) is 43.4. The maximum Gasteiger partial charge on any atom is 0.349 e. The number of nitrogens with one attached hydrogen (secondary N) is 4. The minimum absolute atomic E-state index is 0.00415. The zero-order chi connectivity index (χ0) is 52.2. The number of benzene rings is 1. The summed E-state index contributed by atoms with van der Waals surface area (Å²) in [5.41, 5.74) is 4.16. The Morgan fingerprint density at radius 3 is 2.05 bits per heavy atom. The fourth-order valence-electron chi connectivity index (χ4n) is 8.73. The molecule has 1 aliphatic carbocycles. The molecule has 0 bridgehead atoms. The number of carbonyl (C=O) groups is 4. The first-order valence-corrected chi connectivity index (χ1v) is 25.8. The SMILES string of the molecule is COC(=O)c1cnc(NC(=O)c2ccc(NCCOCCOCCOCCOCCOCCNC(=O)CN3CCN(c4ccc(Nc5ncc6c(C)c(C(C)=O)c(=O)n(C7CCCC7)c6n5)nc4)CC3)cc2C)s1. The first kappa shape index (κ1) is 55.3. The lowest BCUT2D eigenvalue weighted by Crippen LogP contribution is -2.49. The number of rotatable bonds is 29. The van der Waals surface area contributed by atoms with E-state index in [0.29, 0.717) is 130 Å². The molecule has 398 valence electrons. The largest absolute Gasteiger partial charge is 0.465 e. The fraction of sp³-hybridized carbons (Fsp3) is 0.510. The van der Waals surface area contributed by atoms with Crippen molar-refractivity contribution >= 4 is 74.2 Å². The standard InChI is InChI=1S/C51H67N11O11S/c1-34-29-37(9-11-40(34)47(65)59-51-56-32-42(74-51)49(67)68-4)52-13-19-69-21-23-71-25-27-73-28-26-72-24-22-70-20-14-53-44(64)33-60-15-17-61(18-16-60)39-10-12-43(54-30-39)57-50-55-31-41-35(2)45(36(3)63)48(66)62(46(41)58-50)38-7-5-6-8-38/h9-12,29-32,38,52H,5-8,13-28,33H2,1-4H3,(H,53,64)(H,56,59,65)(H,54,55,57,58). The van der Waals surface area contributed by atoms with Gasteiger partial charge in [0.1, 0.15) is 16.3 Å². The Morgan fingerprint density at radius 1 is 0.770 bits per heavy atom. The van der Waals surface area contributed by atoms with Crippen molar-refractivity contribution < 1.29 is 47.6 Å². The van der Waals surface area contributed by atoms with Crippen molar-refractivity contribution in [1.82, 2.24) is 34.7 Å². The van der Waals surface area contributed by atoms with Gasteiger partial charge in [-0.2, -0.15) is 4.98 Å². The fourth-order valence-corrected chi connectivity index (χ4v) is 9.45. The molecule has 1 saturated carbocycles. The molecule has 5 heterocycles. The van der Waals surface area contributed by atoms with Crippen LogP contribution in [0.15, 0.2) is 53.7 Å². The maximum atomic E-state index is 13.6. The second-order valence-corrected chi connectivity index (χ2v) is 18.8. The van der Waals surface area contributed by atoms with Gasteiger partial charge in [-0.3, -0.25) is 34.0 Å². The van der Waals surface area contributed by atoms with E-state index in [2.05, 4.69) is 50.8 Å². The van der Waals surface area contributed by atoms with E-state index < -0.39 is 5.97 Å². The van der Waals surface area contributed by atoms with Crippen LogP contribution in [0.3, 0.4) is 0 Å². The van der Waals surface area contributed by atoms with Crippen LogP contribution in [0.4, 0.5) is 28.3 Å². The Balaban J connectivity index is 0.656. The summed E-state index contributed by atoms with van der Waals surface area (Å²) in [7, 11) is 1.29. The van der Waals surface area contributed by atoms with Crippen LogP contribution >= 0.6 is 11.3 Å². The summed E-state index contributed by atoms with van der Waals surface area (Å²) in [5.74, 6) is -0.232. The number of aryl methyl sites for hydroxylation is 2. The average molecular weight is 1040 g/mol. The molecule has 0 radical (unpaired) electrons. The van der Waals surface area contributed by atoms with E-state index in [4.69, 9.17) is 28.7 Å². The molecule has 1 aliphatic heterocycles. The highest BCUT2D eigenvalue weighted by molar-refractivity contribution is 7.17. The van der Waals surface area contributed by atoms with Crippen molar-refractivity contribution in [3.63, 3.8) is 0 Å². The Kier molecular flexibility index (Phi) is 21.1. The highest BCUT2D eigenvalue weighted by Gasteiger charge is 2.26. The van der Waals surface area contributed by atoms with Crippen molar-refractivity contribution in [3.8, 4) is 0 Å². The average Bonchev–Trinajstić information content (AvgIpc) is 4.11. The molecule has 5 aromatic rings. The van der Waals surface area contributed by atoms with E-state index in [-0.39, 0.29) is 34.8 Å². The molecule has 4 N–H and O–H groups in total. The van der Waals surface area contributed by atoms with E-state index in [1.807, 2.05) is 31.2 Å². The Hall–Kier alpha value is -6.47. The molecule has 0 unspecified atom stereocenters. The van der Waals surface area contributed by atoms with Gasteiger partial charge in [-0.25, -0.2) is 19.7 Å². The number of piperazine rings is 1. The van der Waals surface area contributed by atoms with E-state index in [0.717, 1.165) is 80.1 Å². The summed E-state index contributed by atoms with van der Waals surface area (Å²) in [5, 5.41) is 13.1. The minimum atomic E-state index is -0.503. The van der Waals surface area contributed by atoms with Gasteiger partial charge in [0, 0.05) is 68.1 Å². The molecule has 4 aromatic heterocycles. The molecule has 22 nitrogen and oxygen atoms in total. The van der Waals surface area contributed by atoms with Gasteiger partial charge in [-0.05, 0) is 75.1 Å². The topological polar surface area (TPSA) is 252 Å². The Morgan fingerprint density at radius 2 is 1.43 bits per heavy atom. The number of hydrogen-bond acceptors (Lipinski definition) is 20. The molecule has 1 aromatic carbocycles. The number of ketones is 1. The molecular formula is C51H67N11O11S. The molecule has 23 heteroatoms. The van der Waals surface area contributed by atoms with Crippen molar-refractivity contribution in [2.45, 2.75) is 52.5 Å². The number of Topliss-reactive ketones (excluding diaryl/α,β-unsaturated/α-hetero) is 1. The normalized spacial score (nSPS) is 14.1. The third-order valence-electron chi connectivity index (χ3n) is 12.6. The second kappa shape index (κ2) is 28.3. The summed E-state index contributed by atoms with van der Waals surface area (Å²) < 4.78 is 34.3. The smallest absolute Gasteiger partial charge is 0.349 e. The summed E-state index contributed by atoms with van der Waals surface area (Å²) in [6.07, 6.45) is 8.65. The third-order valence-corrected chi connectivity index (χ3v) is 13.5. The van der Waals surface area contributed by atoms with Gasteiger partial charge < -0.3 is 49.3 Å². The van der Waals surface area contributed by atoms with E-state index in [1.165, 1.54) is 20.2 Å². The number of methoxy groups -OCH3 is 1. The second-order valence-electron chi connectivity index (χ2n) is 17.7. The van der Waals surface area contributed by atoms with Gasteiger partial charge in [-0.15, -0.1) is 0 Å². The summed E-state index contributed by atoms with van der Waals surface area (Å²) in [6, 6.07) is 9.29. The summed E-state index contributed by atoms with van der Waals surface area (Å²) >= 11 is 1.05. The number of amides is 2. The lowest BCUT2D eigenvalue weighted by Gasteiger charge is -2.35. The van der Waals surface area contributed by atoms with Crippen LogP contribution in [-0.2, 0) is 33.2 Å². The number of ether oxygens (including phenoxy) is 6. The summed E-state index contributed by atoms with van der Waals surface area (Å²) in [4.78, 5) is 85.7. The van der Waals surface area contributed by atoms with Crippen molar-refractivity contribution in [2.75, 3.05) is 140 Å². The van der Waals surface area contributed by atoms with Gasteiger partial charge in [0.25, 0.3) is 11.5 Å². The van der Waals surface area contributed by atoms with Gasteiger partial charge in [0.2, 0.25) is 11.9 Å². The number of hydrogen-bond donors (Lipinski definition) is 4. The lowest BCUT2D eigenvalue weighted by molar-refractivity contribution is -0.122. The predicted molar refractivity (Wildman–Crippen MR) is 280 cm³/mol. The monoisotopic (exact) mass is 1040 g/mol. The molecule has 0 spiro atoms. The highest BCUT2D eigenvalue weighted by atomic mass is 32.1. The summed E-state index contributed by atoms with van der Waals surface area (Å²) in [6.45, 7) is 13.7. The van der Waals surface area contributed by atoms with Gasteiger partial charge in [0.15, 0.2) is 10.9 Å². The van der Waals surface area contributed by atoms with Crippen LogP contribution in [0.1, 0.15) is 80.2 Å². The van der Waals surface area contributed by atoms with Crippen LogP contribution < -0.4 is 31.7 Å². The zero-order valence-electron chi connectivity index (χ0n) is 42.6. The van der Waals surface area contributed by atoms with Crippen LogP contribution in [-0.4, -0.2) is 172 Å². The first-order valence-electron chi connectivity index (χ1n) is 25.0. The molecule has 74 heavy (non-hydrogen) atoms. The number of anilines is 5. The Labute approximate surface area is 433 Å². The van der Waals surface area contributed by atoms with Gasteiger partial charge in [0.05, 0.1) is 103 Å². The number of nitrogens with zero attached hydrogens (tertiary/aromatic N) is 7. The van der Waals surface area contributed by atoms with Gasteiger partial charge in [-0.1, -0.05) is 24.2 Å². The quantitative estimate of drug-likeness (QED) is 0.0285. The molecule has 2 aliphatic rings. The molecule has 0 atom stereocenters. The lowest BCUT2D eigenvalue weighted by atomic mass is 10.0. The van der Waals surface area contributed by atoms with Crippen LogP contribution in [0, 0.1) is 13.8 Å². The van der Waals surface area contributed by atoms with Crippen molar-refractivity contribution in [1.29, 1.82) is 0 Å². The van der Waals surface area contributed by atoms with E-state index in [1.54, 1.807) is 30.0 Å². The van der Waals surface area contributed by atoms with Crippen LogP contribution in [0.2, 0.25) is 0 Å². The number of esters is 1. The predicted octanol–water partition coefficient (Wildman–Crippen LogP) is 4.79. The maximum absolute atomic E-state index is 13.6. The van der Waals surface area contributed by atoms with E-state index in [9.17, 15) is 24.0 Å². The highest BCUT2D eigenvalue weighted by Crippen LogP contribution is 2.32. The molecular weight excluding hydrogens is 975 g/mol. The molecule has 1 saturated heterocycles. The minimum Gasteiger partial charge on any atom is -0.465 e. The number of aromatic nitrogens is 5. The van der Waals surface area contributed by atoms with Crippen LogP contribution in [0.5, 0.6) is 0 Å². The first-order chi connectivity index (χ1) is 36.0. The number of carbonyl (C=O) groups excluding carboxylic acids is 4. The number of fused-ring (bicyclic) bond motifs is 1.